The number of alkyl halides is 1. The van der Waals surface area contributed by atoms with Crippen molar-refractivity contribution in [2.75, 3.05) is 0 Å². The Morgan fingerprint density at radius 1 is 1.16 bits per heavy atom. The lowest BCUT2D eigenvalue weighted by Gasteiger charge is -2.22. The van der Waals surface area contributed by atoms with Crippen molar-refractivity contribution in [2.45, 2.75) is 45.0 Å². The molecule has 1 aromatic heterocycles. The molecule has 102 valence electrons. The zero-order valence-corrected chi connectivity index (χ0v) is 13.5. The third-order valence-corrected chi connectivity index (χ3v) is 3.74. The van der Waals surface area contributed by atoms with Gasteiger partial charge in [0.15, 0.2) is 5.82 Å². The van der Waals surface area contributed by atoms with E-state index in [9.17, 15) is 0 Å². The minimum absolute atomic E-state index is 0.0929. The van der Waals surface area contributed by atoms with Crippen LogP contribution in [0.1, 0.15) is 39.1 Å². The van der Waals surface area contributed by atoms with Gasteiger partial charge in [-0.1, -0.05) is 61.0 Å². The van der Waals surface area contributed by atoms with Gasteiger partial charge in [0.25, 0.3) is 0 Å². The number of hydrogen-bond acceptors (Lipinski definition) is 2. The second kappa shape index (κ2) is 5.45. The van der Waals surface area contributed by atoms with Gasteiger partial charge in [0.2, 0.25) is 0 Å². The maximum Gasteiger partial charge on any atom is 0.164 e. The van der Waals surface area contributed by atoms with E-state index < -0.39 is 0 Å². The number of rotatable bonds is 3. The molecule has 0 fully saturated rings. The zero-order valence-electron chi connectivity index (χ0n) is 11.9. The molecule has 0 N–H and O–H groups in total. The smallest absolute Gasteiger partial charge is 0.164 e. The van der Waals surface area contributed by atoms with Crippen LogP contribution in [0.5, 0.6) is 0 Å². The molecule has 0 saturated carbocycles. The van der Waals surface area contributed by atoms with Gasteiger partial charge in [-0.2, -0.15) is 0 Å². The predicted octanol–water partition coefficient (Wildman–Crippen LogP) is 4.16. The normalized spacial score (nSPS) is 11.8. The van der Waals surface area contributed by atoms with Crippen LogP contribution < -0.4 is 0 Å². The Hall–Kier alpha value is -1.16. The minimum atomic E-state index is 0.0929. The molecule has 0 aliphatic rings. The topological polar surface area (TPSA) is 30.7 Å². The Morgan fingerprint density at radius 3 is 2.42 bits per heavy atom. The van der Waals surface area contributed by atoms with Crippen LogP contribution in [-0.2, 0) is 17.3 Å². The van der Waals surface area contributed by atoms with Gasteiger partial charge >= 0.3 is 0 Å². The summed E-state index contributed by atoms with van der Waals surface area (Å²) in [6.07, 6.45) is 0. The first-order valence-electron chi connectivity index (χ1n) is 6.57. The Balaban J connectivity index is 2.63. The lowest BCUT2D eigenvalue weighted by molar-refractivity contribution is 0.590. The molecule has 3 nitrogen and oxygen atoms in total. The fourth-order valence-electron chi connectivity index (χ4n) is 2.30. The molecule has 0 aliphatic carbocycles. The van der Waals surface area contributed by atoms with E-state index in [-0.39, 0.29) is 5.41 Å². The Kier molecular flexibility index (Phi) is 4.09. The fourth-order valence-corrected chi connectivity index (χ4v) is 2.71. The van der Waals surface area contributed by atoms with Crippen LogP contribution in [0.25, 0.3) is 11.4 Å². The van der Waals surface area contributed by atoms with Crippen molar-refractivity contribution in [1.29, 1.82) is 0 Å². The molecule has 1 aromatic carbocycles. The monoisotopic (exact) mass is 321 g/mol. The Bertz CT molecular complexity index is 567. The summed E-state index contributed by atoms with van der Waals surface area (Å²) in [6, 6.07) is 8.46. The molecule has 0 bridgehead atoms. The Morgan fingerprint density at radius 2 is 1.84 bits per heavy atom. The maximum absolute atomic E-state index is 4.39. The molecule has 19 heavy (non-hydrogen) atoms. The maximum atomic E-state index is 4.39. The summed E-state index contributed by atoms with van der Waals surface area (Å²) < 4.78 is 2.17. The first-order valence-corrected chi connectivity index (χ1v) is 7.69. The van der Waals surface area contributed by atoms with Gasteiger partial charge in [-0.05, 0) is 17.9 Å². The van der Waals surface area contributed by atoms with Crippen molar-refractivity contribution in [1.82, 2.24) is 14.8 Å². The first kappa shape index (κ1) is 14.3. The number of benzene rings is 1. The van der Waals surface area contributed by atoms with Crippen LogP contribution in [-0.4, -0.2) is 14.8 Å². The molecule has 0 radical (unpaired) electrons. The molecule has 0 amide bonds. The van der Waals surface area contributed by atoms with Crippen molar-refractivity contribution >= 4 is 15.9 Å². The molecule has 2 aromatic rings. The zero-order chi connectivity index (χ0) is 14.0. The molecule has 1 heterocycles. The van der Waals surface area contributed by atoms with E-state index >= 15 is 0 Å². The van der Waals surface area contributed by atoms with Gasteiger partial charge < -0.3 is 4.57 Å². The number of hydrogen-bond donors (Lipinski definition) is 0. The summed E-state index contributed by atoms with van der Waals surface area (Å²) in [7, 11) is 0. The van der Waals surface area contributed by atoms with E-state index in [0.717, 1.165) is 23.5 Å². The first-order chi connectivity index (χ1) is 8.99. The molecule has 2 rings (SSSR count). The quantitative estimate of drug-likeness (QED) is 0.795. The fraction of sp³-hybridized carbons (Fsp3) is 0.467. The van der Waals surface area contributed by atoms with Crippen molar-refractivity contribution in [3.8, 4) is 11.4 Å². The Labute approximate surface area is 123 Å². The third-order valence-electron chi connectivity index (χ3n) is 3.24. The summed E-state index contributed by atoms with van der Waals surface area (Å²) >= 11 is 3.47. The highest BCUT2D eigenvalue weighted by molar-refractivity contribution is 9.08. The second-order valence-corrected chi connectivity index (χ2v) is 6.17. The highest BCUT2D eigenvalue weighted by atomic mass is 79.9. The summed E-state index contributed by atoms with van der Waals surface area (Å²) in [6.45, 7) is 9.68. The molecule has 0 spiro atoms. The second-order valence-electron chi connectivity index (χ2n) is 5.61. The minimum Gasteiger partial charge on any atom is -0.311 e. The van der Waals surface area contributed by atoms with Crippen molar-refractivity contribution in [3.05, 3.63) is 35.7 Å². The molecule has 0 aliphatic heterocycles. The van der Waals surface area contributed by atoms with E-state index in [4.69, 9.17) is 0 Å². The summed E-state index contributed by atoms with van der Waals surface area (Å²) in [4.78, 5) is 0. The molecular weight excluding hydrogens is 302 g/mol. The molecule has 0 saturated heterocycles. The molecule has 0 unspecified atom stereocenters. The van der Waals surface area contributed by atoms with E-state index in [2.05, 4.69) is 82.7 Å². The molecule has 0 atom stereocenters. The van der Waals surface area contributed by atoms with Crippen molar-refractivity contribution in [2.24, 2.45) is 0 Å². The standard InChI is InChI=1S/C15H20BrN3/c1-5-19-13(10-16)17-18-14(19)11-8-6-7-9-12(11)15(2,3)4/h6-9H,5,10H2,1-4H3. The predicted molar refractivity (Wildman–Crippen MR) is 82.5 cm³/mol. The lowest BCUT2D eigenvalue weighted by Crippen LogP contribution is -2.14. The van der Waals surface area contributed by atoms with E-state index in [1.54, 1.807) is 0 Å². The van der Waals surface area contributed by atoms with Gasteiger partial charge in [-0.3, -0.25) is 0 Å². The number of nitrogens with zero attached hydrogens (tertiary/aromatic N) is 3. The lowest BCUT2D eigenvalue weighted by atomic mass is 9.83. The van der Waals surface area contributed by atoms with Gasteiger partial charge in [0, 0.05) is 12.1 Å². The third kappa shape index (κ3) is 2.73. The van der Waals surface area contributed by atoms with Crippen LogP contribution >= 0.6 is 15.9 Å². The summed E-state index contributed by atoms with van der Waals surface area (Å²) in [5, 5.41) is 9.38. The average Bonchev–Trinajstić information content (AvgIpc) is 2.80. The van der Waals surface area contributed by atoms with E-state index in [1.807, 2.05) is 0 Å². The van der Waals surface area contributed by atoms with Crippen molar-refractivity contribution < 1.29 is 0 Å². The van der Waals surface area contributed by atoms with Gasteiger partial charge in [0.05, 0.1) is 5.33 Å². The highest BCUT2D eigenvalue weighted by Gasteiger charge is 2.21. The van der Waals surface area contributed by atoms with Crippen LogP contribution in [0.4, 0.5) is 0 Å². The van der Waals surface area contributed by atoms with Gasteiger partial charge in [-0.15, -0.1) is 10.2 Å². The van der Waals surface area contributed by atoms with Crippen LogP contribution in [0, 0.1) is 0 Å². The average molecular weight is 322 g/mol. The van der Waals surface area contributed by atoms with E-state index in [1.165, 1.54) is 11.1 Å². The van der Waals surface area contributed by atoms with Crippen molar-refractivity contribution in [3.63, 3.8) is 0 Å². The highest BCUT2D eigenvalue weighted by Crippen LogP contribution is 2.32. The number of halogens is 1. The van der Waals surface area contributed by atoms with Crippen LogP contribution in [0.3, 0.4) is 0 Å². The van der Waals surface area contributed by atoms with Crippen LogP contribution in [0.15, 0.2) is 24.3 Å². The molecular formula is C15H20BrN3. The number of aromatic nitrogens is 3. The largest absolute Gasteiger partial charge is 0.311 e. The van der Waals surface area contributed by atoms with Gasteiger partial charge in [-0.25, -0.2) is 0 Å². The molecule has 4 heteroatoms. The summed E-state index contributed by atoms with van der Waals surface area (Å²) in [5.74, 6) is 1.93. The van der Waals surface area contributed by atoms with Gasteiger partial charge in [0.1, 0.15) is 5.82 Å². The van der Waals surface area contributed by atoms with Crippen LogP contribution in [0.2, 0.25) is 0 Å². The SMILES string of the molecule is CCn1c(CBr)nnc1-c1ccccc1C(C)(C)C. The summed E-state index contributed by atoms with van der Waals surface area (Å²) in [5.41, 5.74) is 2.57. The van der Waals surface area contributed by atoms with E-state index in [0.29, 0.717) is 0 Å².